The van der Waals surface area contributed by atoms with Crippen molar-refractivity contribution in [3.8, 4) is 17.2 Å². The average Bonchev–Trinajstić information content (AvgIpc) is 3.84. The van der Waals surface area contributed by atoms with Gasteiger partial charge in [-0.05, 0) is 42.8 Å². The number of thiophene rings is 1. The standard InChI is InChI=1S/C29H30N10O2S/c40-25(38-14-12-37(13-15-38)22-4-2-20(3-5-22)26-31-7-1-8-32-26)18-36-10-6-21(17-36)33-28(41)24-16-23-27(34-35-29(23)42-24)39-11-9-30-19-39/h1-5,7-9,11,16,19,21H,6,10,12-15,17-18H2,(H,33,41)(H,34,35). The molecule has 0 aliphatic carbocycles. The predicted octanol–water partition coefficient (Wildman–Crippen LogP) is 2.42. The number of aromatic nitrogens is 6. The summed E-state index contributed by atoms with van der Waals surface area (Å²) in [5, 5.41) is 11.4. The quantitative estimate of drug-likeness (QED) is 0.300. The molecule has 0 saturated carbocycles. The maximum atomic E-state index is 13.1. The molecule has 2 aliphatic heterocycles. The Morgan fingerprint density at radius 2 is 1.83 bits per heavy atom. The first-order chi connectivity index (χ1) is 20.6. The number of fused-ring (bicyclic) bond motifs is 1. The average molecular weight is 583 g/mol. The van der Waals surface area contributed by atoms with Crippen LogP contribution in [0.5, 0.6) is 0 Å². The van der Waals surface area contributed by atoms with E-state index in [-0.39, 0.29) is 17.9 Å². The van der Waals surface area contributed by atoms with E-state index in [0.717, 1.165) is 53.3 Å². The maximum absolute atomic E-state index is 13.1. The molecule has 42 heavy (non-hydrogen) atoms. The number of hydrogen-bond acceptors (Lipinski definition) is 9. The van der Waals surface area contributed by atoms with Gasteiger partial charge in [-0.15, -0.1) is 11.3 Å². The van der Waals surface area contributed by atoms with Crippen molar-refractivity contribution >= 4 is 39.1 Å². The molecule has 0 spiro atoms. The van der Waals surface area contributed by atoms with Gasteiger partial charge < -0.3 is 15.1 Å². The fourth-order valence-electron chi connectivity index (χ4n) is 5.62. The van der Waals surface area contributed by atoms with E-state index in [1.54, 1.807) is 24.9 Å². The SMILES string of the molecule is O=C(NC1CCN(CC(=O)N2CCN(c3ccc(-c4ncccn4)cc3)CC2)C1)c1cc2c(-n3ccnc3)n[nH]c2s1. The molecule has 1 aromatic carbocycles. The monoisotopic (exact) mass is 582 g/mol. The van der Waals surface area contributed by atoms with Gasteiger partial charge in [0, 0.05) is 81.3 Å². The van der Waals surface area contributed by atoms with Crippen LogP contribution in [0.2, 0.25) is 0 Å². The summed E-state index contributed by atoms with van der Waals surface area (Å²) in [5.41, 5.74) is 2.12. The Morgan fingerprint density at radius 3 is 2.60 bits per heavy atom. The maximum Gasteiger partial charge on any atom is 0.261 e. The van der Waals surface area contributed by atoms with Crippen molar-refractivity contribution in [3.63, 3.8) is 0 Å². The first-order valence-corrected chi connectivity index (χ1v) is 14.8. The van der Waals surface area contributed by atoms with Crippen molar-refractivity contribution in [2.24, 2.45) is 0 Å². The summed E-state index contributed by atoms with van der Waals surface area (Å²) >= 11 is 1.39. The van der Waals surface area contributed by atoms with Gasteiger partial charge in [-0.3, -0.25) is 24.2 Å². The van der Waals surface area contributed by atoms with E-state index in [1.165, 1.54) is 11.3 Å². The molecule has 0 bridgehead atoms. The number of nitrogens with one attached hydrogen (secondary N) is 2. The lowest BCUT2D eigenvalue weighted by atomic mass is 10.1. The molecule has 1 atom stereocenters. The summed E-state index contributed by atoms with van der Waals surface area (Å²) in [4.78, 5) is 46.7. The fraction of sp³-hybridized carbons (Fsp3) is 0.310. The number of likely N-dealkylation sites (tertiary alicyclic amines) is 1. The van der Waals surface area contributed by atoms with E-state index < -0.39 is 0 Å². The van der Waals surface area contributed by atoms with Crippen LogP contribution in [0.3, 0.4) is 0 Å². The second-order valence-corrected chi connectivity index (χ2v) is 11.6. The topological polar surface area (TPSA) is 128 Å². The minimum Gasteiger partial charge on any atom is -0.368 e. The molecular weight excluding hydrogens is 552 g/mol. The first-order valence-electron chi connectivity index (χ1n) is 14.0. The van der Waals surface area contributed by atoms with Gasteiger partial charge in [0.2, 0.25) is 5.91 Å². The predicted molar refractivity (Wildman–Crippen MR) is 160 cm³/mol. The summed E-state index contributed by atoms with van der Waals surface area (Å²) in [6.45, 7) is 4.79. The Bertz CT molecular complexity index is 1670. The zero-order chi connectivity index (χ0) is 28.5. The molecule has 12 nitrogen and oxygen atoms in total. The van der Waals surface area contributed by atoms with E-state index in [2.05, 4.69) is 52.4 Å². The van der Waals surface area contributed by atoms with Crippen molar-refractivity contribution in [1.82, 2.24) is 44.8 Å². The highest BCUT2D eigenvalue weighted by atomic mass is 32.1. The van der Waals surface area contributed by atoms with Gasteiger partial charge in [0.1, 0.15) is 11.2 Å². The lowest BCUT2D eigenvalue weighted by Gasteiger charge is -2.36. The summed E-state index contributed by atoms with van der Waals surface area (Å²) in [5.74, 6) is 1.48. The number of piperazine rings is 1. The van der Waals surface area contributed by atoms with Crippen molar-refractivity contribution in [2.45, 2.75) is 12.5 Å². The zero-order valence-electron chi connectivity index (χ0n) is 22.9. The largest absolute Gasteiger partial charge is 0.368 e. The van der Waals surface area contributed by atoms with Gasteiger partial charge in [0.05, 0.1) is 16.8 Å². The van der Waals surface area contributed by atoms with Gasteiger partial charge in [0.25, 0.3) is 5.91 Å². The van der Waals surface area contributed by atoms with Gasteiger partial charge >= 0.3 is 0 Å². The third-order valence-electron chi connectivity index (χ3n) is 7.86. The smallest absolute Gasteiger partial charge is 0.261 e. The van der Waals surface area contributed by atoms with Crippen LogP contribution in [-0.4, -0.2) is 103 Å². The number of nitrogens with zero attached hydrogens (tertiary/aromatic N) is 8. The third kappa shape index (κ3) is 5.35. The highest BCUT2D eigenvalue weighted by molar-refractivity contribution is 7.20. The Hall–Kier alpha value is -4.62. The van der Waals surface area contributed by atoms with Crippen molar-refractivity contribution in [3.05, 3.63) is 72.4 Å². The lowest BCUT2D eigenvalue weighted by molar-refractivity contribution is -0.132. The zero-order valence-corrected chi connectivity index (χ0v) is 23.7. The molecule has 5 aromatic rings. The Labute approximate surface area is 246 Å². The number of H-pyrrole nitrogens is 1. The summed E-state index contributed by atoms with van der Waals surface area (Å²) in [6.07, 6.45) is 9.51. The van der Waals surface area contributed by atoms with E-state index in [4.69, 9.17) is 0 Å². The molecule has 2 amide bonds. The van der Waals surface area contributed by atoms with Crippen LogP contribution in [0.25, 0.3) is 27.4 Å². The van der Waals surface area contributed by atoms with Gasteiger partial charge in [0.15, 0.2) is 11.6 Å². The first kappa shape index (κ1) is 26.3. The molecule has 7 rings (SSSR count). The van der Waals surface area contributed by atoms with Crippen molar-refractivity contribution in [2.75, 3.05) is 50.7 Å². The van der Waals surface area contributed by atoms with Crippen LogP contribution in [0, 0.1) is 0 Å². The Balaban J connectivity index is 0.883. The number of carbonyl (C=O) groups is 2. The Morgan fingerprint density at radius 1 is 1.02 bits per heavy atom. The number of benzene rings is 1. The third-order valence-corrected chi connectivity index (χ3v) is 8.90. The van der Waals surface area contributed by atoms with Gasteiger partial charge in [-0.1, -0.05) is 0 Å². The summed E-state index contributed by atoms with van der Waals surface area (Å²) in [6, 6.07) is 12.0. The molecule has 6 heterocycles. The molecule has 13 heteroatoms. The van der Waals surface area contributed by atoms with Crippen LogP contribution >= 0.6 is 11.3 Å². The summed E-state index contributed by atoms with van der Waals surface area (Å²) < 4.78 is 1.82. The van der Waals surface area contributed by atoms with E-state index in [9.17, 15) is 9.59 Å². The fourth-order valence-corrected chi connectivity index (χ4v) is 6.52. The van der Waals surface area contributed by atoms with E-state index in [0.29, 0.717) is 36.9 Å². The second kappa shape index (κ2) is 11.3. The van der Waals surface area contributed by atoms with Crippen LogP contribution in [0.1, 0.15) is 16.1 Å². The molecule has 4 aromatic heterocycles. The molecular formula is C29H30N10O2S. The molecule has 1 unspecified atom stereocenters. The molecule has 2 N–H and O–H groups in total. The van der Waals surface area contributed by atoms with E-state index in [1.807, 2.05) is 39.9 Å². The van der Waals surface area contributed by atoms with Crippen molar-refractivity contribution < 1.29 is 9.59 Å². The second-order valence-electron chi connectivity index (χ2n) is 10.6. The molecule has 2 fully saturated rings. The molecule has 2 aliphatic rings. The molecule has 2 saturated heterocycles. The number of carbonyl (C=O) groups excluding carboxylic acids is 2. The number of hydrogen-bond donors (Lipinski definition) is 2. The van der Waals surface area contributed by atoms with Crippen LogP contribution in [0.4, 0.5) is 5.69 Å². The molecule has 0 radical (unpaired) electrons. The van der Waals surface area contributed by atoms with Crippen LogP contribution in [0.15, 0.2) is 67.5 Å². The Kier molecular flexibility index (Phi) is 7.10. The summed E-state index contributed by atoms with van der Waals surface area (Å²) in [7, 11) is 0. The minimum atomic E-state index is -0.0974. The van der Waals surface area contributed by atoms with Crippen LogP contribution in [-0.2, 0) is 4.79 Å². The van der Waals surface area contributed by atoms with Crippen LogP contribution < -0.4 is 10.2 Å². The molecule has 214 valence electrons. The van der Waals surface area contributed by atoms with Gasteiger partial charge in [-0.25, -0.2) is 15.0 Å². The van der Waals surface area contributed by atoms with E-state index >= 15 is 0 Å². The number of anilines is 1. The van der Waals surface area contributed by atoms with Gasteiger partial charge in [-0.2, -0.15) is 5.10 Å². The number of amides is 2. The number of imidazole rings is 1. The normalized spacial score (nSPS) is 17.7. The lowest BCUT2D eigenvalue weighted by Crippen LogP contribution is -2.51. The minimum absolute atomic E-state index is 0.0121. The number of rotatable bonds is 7. The highest BCUT2D eigenvalue weighted by Gasteiger charge is 2.29. The highest BCUT2D eigenvalue weighted by Crippen LogP contribution is 2.28. The number of aromatic amines is 1. The van der Waals surface area contributed by atoms with Crippen molar-refractivity contribution in [1.29, 1.82) is 0 Å².